The van der Waals surface area contributed by atoms with Crippen LogP contribution in [0.2, 0.25) is 0 Å². The third-order valence-electron chi connectivity index (χ3n) is 2.83. The molecular weight excluding hydrogens is 216 g/mol. The first kappa shape index (κ1) is 9.73. The predicted octanol–water partition coefficient (Wildman–Crippen LogP) is 3.64. The summed E-state index contributed by atoms with van der Waals surface area (Å²) in [6.07, 6.45) is 7.25. The smallest absolute Gasteiger partial charge is 0.142 e. The van der Waals surface area contributed by atoms with E-state index in [1.807, 2.05) is 30.6 Å². The minimum Gasteiger partial charge on any atom is -0.254 e. The predicted molar refractivity (Wildman–Crippen MR) is 66.5 cm³/mol. The number of rotatable bonds is 3. The molecule has 0 N–H and O–H groups in total. The molecule has 1 aliphatic carbocycles. The largest absolute Gasteiger partial charge is 0.254 e. The molecule has 2 nitrogen and oxygen atoms in total. The molecular formula is C13H12N2S. The molecule has 1 aliphatic rings. The Bertz CT molecular complexity index is 528. The average molecular weight is 228 g/mol. The molecule has 0 saturated carbocycles. The minimum absolute atomic E-state index is 0.537. The van der Waals surface area contributed by atoms with Crippen molar-refractivity contribution < 1.29 is 0 Å². The van der Waals surface area contributed by atoms with E-state index in [2.05, 4.69) is 23.0 Å². The zero-order valence-electron chi connectivity index (χ0n) is 9.05. The molecule has 3 heteroatoms. The van der Waals surface area contributed by atoms with E-state index in [0.717, 1.165) is 10.7 Å². The molecule has 16 heavy (non-hydrogen) atoms. The molecule has 1 unspecified atom stereocenters. The highest BCUT2D eigenvalue weighted by atomic mass is 32.1. The summed E-state index contributed by atoms with van der Waals surface area (Å²) < 4.78 is 0. The fourth-order valence-corrected chi connectivity index (χ4v) is 2.68. The molecule has 1 atom stereocenters. The van der Waals surface area contributed by atoms with E-state index in [4.69, 9.17) is 0 Å². The number of aromatic nitrogens is 2. The van der Waals surface area contributed by atoms with Gasteiger partial charge in [-0.2, -0.15) is 0 Å². The van der Waals surface area contributed by atoms with Crippen LogP contribution in [0.5, 0.6) is 0 Å². The van der Waals surface area contributed by atoms with Gasteiger partial charge in [-0.15, -0.1) is 11.3 Å². The van der Waals surface area contributed by atoms with Gasteiger partial charge in [-0.3, -0.25) is 4.98 Å². The summed E-state index contributed by atoms with van der Waals surface area (Å²) in [7, 11) is 0. The number of thiazole rings is 1. The van der Waals surface area contributed by atoms with E-state index >= 15 is 0 Å². The van der Waals surface area contributed by atoms with Crippen molar-refractivity contribution in [2.75, 3.05) is 0 Å². The van der Waals surface area contributed by atoms with Gasteiger partial charge in [-0.1, -0.05) is 24.6 Å². The molecule has 0 bridgehead atoms. The van der Waals surface area contributed by atoms with E-state index < -0.39 is 0 Å². The summed E-state index contributed by atoms with van der Waals surface area (Å²) >= 11 is 1.75. The van der Waals surface area contributed by atoms with Crippen LogP contribution >= 0.6 is 11.3 Å². The van der Waals surface area contributed by atoms with Crippen molar-refractivity contribution in [3.8, 4) is 10.7 Å². The number of hydrogen-bond acceptors (Lipinski definition) is 3. The summed E-state index contributed by atoms with van der Waals surface area (Å²) in [5.41, 5.74) is 2.51. The van der Waals surface area contributed by atoms with Crippen molar-refractivity contribution in [2.45, 2.75) is 19.3 Å². The molecule has 3 rings (SSSR count). The van der Waals surface area contributed by atoms with Crippen molar-refractivity contribution in [1.82, 2.24) is 9.97 Å². The normalized spacial score (nSPS) is 15.7. The van der Waals surface area contributed by atoms with Crippen LogP contribution in [-0.4, -0.2) is 9.97 Å². The second-order valence-electron chi connectivity index (χ2n) is 3.99. The lowest BCUT2D eigenvalue weighted by Crippen LogP contribution is -1.84. The van der Waals surface area contributed by atoms with Gasteiger partial charge in [0.15, 0.2) is 0 Å². The van der Waals surface area contributed by atoms with E-state index in [9.17, 15) is 0 Å². The standard InChI is InChI=1S/C13H12N2S/c1-9(10-5-6-10)12-8-15-13(16-12)11-4-2-3-7-14-11/h2-5,7-9H,6H2,1H3. The summed E-state index contributed by atoms with van der Waals surface area (Å²) in [5.74, 6) is 0.537. The molecule has 2 aromatic heterocycles. The Morgan fingerprint density at radius 2 is 2.19 bits per heavy atom. The van der Waals surface area contributed by atoms with Gasteiger partial charge in [0.25, 0.3) is 0 Å². The Hall–Kier alpha value is -1.48. The monoisotopic (exact) mass is 228 g/mol. The first-order valence-corrected chi connectivity index (χ1v) is 6.22. The van der Waals surface area contributed by atoms with Crippen LogP contribution in [0, 0.1) is 0 Å². The van der Waals surface area contributed by atoms with Gasteiger partial charge in [0, 0.05) is 23.2 Å². The highest BCUT2D eigenvalue weighted by Crippen LogP contribution is 2.38. The van der Waals surface area contributed by atoms with Gasteiger partial charge < -0.3 is 0 Å². The molecule has 0 fully saturated rings. The molecule has 0 radical (unpaired) electrons. The Labute approximate surface area is 98.7 Å². The zero-order valence-corrected chi connectivity index (χ0v) is 9.87. The molecule has 2 aromatic rings. The summed E-state index contributed by atoms with van der Waals surface area (Å²) in [6, 6.07) is 5.93. The van der Waals surface area contributed by atoms with E-state index in [0.29, 0.717) is 5.92 Å². The Balaban J connectivity index is 1.90. The topological polar surface area (TPSA) is 25.8 Å². The number of nitrogens with zero attached hydrogens (tertiary/aromatic N) is 2. The van der Waals surface area contributed by atoms with E-state index in [1.165, 1.54) is 16.9 Å². The van der Waals surface area contributed by atoms with Gasteiger partial charge >= 0.3 is 0 Å². The lowest BCUT2D eigenvalue weighted by molar-refractivity contribution is 0.944. The SMILES string of the molecule is CC(C1=CC1)c1cnc(-c2ccccn2)s1. The van der Waals surface area contributed by atoms with Crippen molar-refractivity contribution in [3.05, 3.63) is 47.1 Å². The van der Waals surface area contributed by atoms with Gasteiger partial charge in [0.05, 0.1) is 5.69 Å². The van der Waals surface area contributed by atoms with Gasteiger partial charge in [-0.05, 0) is 18.6 Å². The number of hydrogen-bond donors (Lipinski definition) is 0. The van der Waals surface area contributed by atoms with Crippen LogP contribution in [-0.2, 0) is 0 Å². The van der Waals surface area contributed by atoms with Crippen molar-refractivity contribution in [3.63, 3.8) is 0 Å². The van der Waals surface area contributed by atoms with Gasteiger partial charge in [0.2, 0.25) is 0 Å². The van der Waals surface area contributed by atoms with Crippen LogP contribution in [0.3, 0.4) is 0 Å². The van der Waals surface area contributed by atoms with Crippen molar-refractivity contribution in [2.24, 2.45) is 0 Å². The fourth-order valence-electron chi connectivity index (χ4n) is 1.69. The van der Waals surface area contributed by atoms with Crippen LogP contribution < -0.4 is 0 Å². The molecule has 80 valence electrons. The van der Waals surface area contributed by atoms with Crippen molar-refractivity contribution >= 4 is 11.3 Å². The lowest BCUT2D eigenvalue weighted by Gasteiger charge is -2.01. The molecule has 2 heterocycles. The second-order valence-corrected chi connectivity index (χ2v) is 5.05. The first-order chi connectivity index (χ1) is 7.84. The van der Waals surface area contributed by atoms with Crippen LogP contribution in [0.25, 0.3) is 10.7 Å². The van der Waals surface area contributed by atoms with Crippen LogP contribution in [0.15, 0.2) is 42.2 Å². The third kappa shape index (κ3) is 1.78. The highest BCUT2D eigenvalue weighted by molar-refractivity contribution is 7.15. The summed E-state index contributed by atoms with van der Waals surface area (Å²) in [6.45, 7) is 2.24. The average Bonchev–Trinajstić information content (AvgIpc) is 3.07. The molecule has 0 aliphatic heterocycles. The lowest BCUT2D eigenvalue weighted by atomic mass is 10.1. The number of pyridine rings is 1. The Kier molecular flexibility index (Phi) is 2.33. The minimum atomic E-state index is 0.537. The number of allylic oxidation sites excluding steroid dienone is 2. The van der Waals surface area contributed by atoms with Crippen molar-refractivity contribution in [1.29, 1.82) is 0 Å². The maximum atomic E-state index is 4.45. The molecule has 0 spiro atoms. The Morgan fingerprint density at radius 3 is 2.88 bits per heavy atom. The Morgan fingerprint density at radius 1 is 1.31 bits per heavy atom. The maximum Gasteiger partial charge on any atom is 0.142 e. The maximum absolute atomic E-state index is 4.45. The third-order valence-corrected chi connectivity index (χ3v) is 4.03. The van der Waals surface area contributed by atoms with Gasteiger partial charge in [-0.25, -0.2) is 4.98 Å². The van der Waals surface area contributed by atoms with E-state index in [1.54, 1.807) is 11.3 Å². The molecule has 0 aromatic carbocycles. The quantitative estimate of drug-likeness (QED) is 0.749. The molecule has 0 amide bonds. The highest BCUT2D eigenvalue weighted by Gasteiger charge is 2.20. The van der Waals surface area contributed by atoms with Crippen LogP contribution in [0.4, 0.5) is 0 Å². The summed E-state index contributed by atoms with van der Waals surface area (Å²) in [4.78, 5) is 10.1. The first-order valence-electron chi connectivity index (χ1n) is 5.40. The zero-order chi connectivity index (χ0) is 11.0. The molecule has 0 saturated heterocycles. The van der Waals surface area contributed by atoms with E-state index in [-0.39, 0.29) is 0 Å². The van der Waals surface area contributed by atoms with Gasteiger partial charge in [0.1, 0.15) is 5.01 Å². The van der Waals surface area contributed by atoms with Crippen LogP contribution in [0.1, 0.15) is 24.1 Å². The second kappa shape index (κ2) is 3.83. The fraction of sp³-hybridized carbons (Fsp3) is 0.231. The summed E-state index contributed by atoms with van der Waals surface area (Å²) in [5, 5.41) is 1.02.